The largest absolute Gasteiger partial charge is 0.375 e. The topological polar surface area (TPSA) is 123 Å². The second-order valence-corrected chi connectivity index (χ2v) is 4.30. The highest BCUT2D eigenvalue weighted by Crippen LogP contribution is 2.11. The van der Waals surface area contributed by atoms with Gasteiger partial charge in [-0.2, -0.15) is 0 Å². The van der Waals surface area contributed by atoms with Gasteiger partial charge in [-0.05, 0) is 0 Å². The van der Waals surface area contributed by atoms with Crippen LogP contribution in [0.4, 0.5) is 0 Å². The number of fused-ring (bicyclic) bond motifs is 1. The smallest absolute Gasteiger partial charge is 0.325 e. The molecule has 0 aromatic carbocycles. The Hall–Kier alpha value is -1.97. The van der Waals surface area contributed by atoms with E-state index in [1.807, 2.05) is 0 Å². The SMILES string of the molecule is CCC.Cn1c(=O)c2c(ncn2C(O)(O)O)n(C)c1=O. The Morgan fingerprint density at radius 2 is 1.65 bits per heavy atom. The summed E-state index contributed by atoms with van der Waals surface area (Å²) in [7, 11) is 2.60. The predicted octanol–water partition coefficient (Wildman–Crippen LogP) is -1.61. The van der Waals surface area contributed by atoms with Gasteiger partial charge in [-0.25, -0.2) is 14.3 Å². The fraction of sp³-hybridized carbons (Fsp3) is 0.545. The van der Waals surface area contributed by atoms with E-state index in [0.717, 1.165) is 15.5 Å². The second-order valence-electron chi connectivity index (χ2n) is 4.30. The third-order valence-electron chi connectivity index (χ3n) is 2.47. The molecule has 3 N–H and O–H groups in total. The molecule has 0 aliphatic carbocycles. The Morgan fingerprint density at radius 1 is 1.15 bits per heavy atom. The van der Waals surface area contributed by atoms with Crippen molar-refractivity contribution in [1.82, 2.24) is 18.7 Å². The molecule has 9 nitrogen and oxygen atoms in total. The minimum atomic E-state index is -3.25. The molecule has 0 atom stereocenters. The lowest BCUT2D eigenvalue weighted by Gasteiger charge is -2.15. The quantitative estimate of drug-likeness (QED) is 0.542. The van der Waals surface area contributed by atoms with Crippen molar-refractivity contribution in [2.24, 2.45) is 14.1 Å². The molecule has 0 bridgehead atoms. The molecule has 112 valence electrons. The maximum atomic E-state index is 11.8. The van der Waals surface area contributed by atoms with Crippen molar-refractivity contribution in [2.45, 2.75) is 26.4 Å². The van der Waals surface area contributed by atoms with E-state index in [4.69, 9.17) is 15.3 Å². The maximum Gasteiger partial charge on any atom is 0.375 e. The van der Waals surface area contributed by atoms with Crippen LogP contribution in [0.1, 0.15) is 20.3 Å². The fourth-order valence-electron chi connectivity index (χ4n) is 1.57. The zero-order chi connectivity index (χ0) is 15.7. The van der Waals surface area contributed by atoms with Crippen LogP contribution in [-0.4, -0.2) is 34.0 Å². The van der Waals surface area contributed by atoms with E-state index in [-0.39, 0.29) is 11.2 Å². The number of aliphatic hydroxyl groups is 3. The third-order valence-corrected chi connectivity index (χ3v) is 2.47. The van der Waals surface area contributed by atoms with Crippen LogP contribution in [0.5, 0.6) is 0 Å². The summed E-state index contributed by atoms with van der Waals surface area (Å²) in [6.45, 7) is 4.25. The molecule has 0 saturated carbocycles. The predicted molar refractivity (Wildman–Crippen MR) is 70.8 cm³/mol. The Morgan fingerprint density at radius 3 is 2.10 bits per heavy atom. The van der Waals surface area contributed by atoms with Crippen molar-refractivity contribution in [1.29, 1.82) is 0 Å². The van der Waals surface area contributed by atoms with Gasteiger partial charge in [0.15, 0.2) is 11.2 Å². The van der Waals surface area contributed by atoms with Crippen molar-refractivity contribution in [2.75, 3.05) is 0 Å². The van der Waals surface area contributed by atoms with Gasteiger partial charge < -0.3 is 15.3 Å². The number of nitrogens with zero attached hydrogens (tertiary/aromatic N) is 4. The molecular formula is C11H18N4O5. The van der Waals surface area contributed by atoms with Gasteiger partial charge in [-0.15, -0.1) is 0 Å². The van der Waals surface area contributed by atoms with Gasteiger partial charge in [0, 0.05) is 14.1 Å². The Kier molecular flexibility index (Phi) is 4.48. The highest BCUT2D eigenvalue weighted by Gasteiger charge is 2.27. The molecule has 20 heavy (non-hydrogen) atoms. The zero-order valence-electron chi connectivity index (χ0n) is 11.7. The third kappa shape index (κ3) is 2.64. The molecule has 2 aromatic heterocycles. The minimum absolute atomic E-state index is 0.0559. The Balaban J connectivity index is 0.000000612. The molecular weight excluding hydrogens is 268 g/mol. The van der Waals surface area contributed by atoms with E-state index >= 15 is 0 Å². The first-order valence-corrected chi connectivity index (χ1v) is 5.97. The Bertz CT molecular complexity index is 719. The van der Waals surface area contributed by atoms with Crippen LogP contribution >= 0.6 is 0 Å². The molecule has 0 saturated heterocycles. The summed E-state index contributed by atoms with van der Waals surface area (Å²) in [5.74, 6) is 0. The highest BCUT2D eigenvalue weighted by molar-refractivity contribution is 5.70. The van der Waals surface area contributed by atoms with Gasteiger partial charge in [0.2, 0.25) is 0 Å². The molecule has 9 heteroatoms. The van der Waals surface area contributed by atoms with E-state index < -0.39 is 17.3 Å². The average molecular weight is 286 g/mol. The van der Waals surface area contributed by atoms with Crippen molar-refractivity contribution in [3.05, 3.63) is 27.2 Å². The summed E-state index contributed by atoms with van der Waals surface area (Å²) in [6, 6.07) is 0. The van der Waals surface area contributed by atoms with Crippen LogP contribution < -0.4 is 11.2 Å². The molecule has 2 rings (SSSR count). The zero-order valence-corrected chi connectivity index (χ0v) is 11.7. The van der Waals surface area contributed by atoms with E-state index in [0.29, 0.717) is 4.57 Å². The first-order chi connectivity index (χ1) is 9.16. The number of rotatable bonds is 1. The molecule has 0 fully saturated rings. The van der Waals surface area contributed by atoms with Gasteiger partial charge >= 0.3 is 11.8 Å². The van der Waals surface area contributed by atoms with Crippen molar-refractivity contribution in [3.8, 4) is 0 Å². The molecule has 0 amide bonds. The molecule has 0 aliphatic rings. The number of hydrogen-bond donors (Lipinski definition) is 3. The summed E-state index contributed by atoms with van der Waals surface area (Å²) in [5.41, 5.74) is -1.74. The van der Waals surface area contributed by atoms with Crippen LogP contribution in [-0.2, 0) is 20.2 Å². The standard InChI is InChI=1S/C8H10N4O5.C3H8/c1-10-5-4(6(13)11(2)7(10)14)12(3-9-5)8(15,16)17;1-3-2/h3,15-17H,1-2H3;3H2,1-2H3. The van der Waals surface area contributed by atoms with Gasteiger partial charge in [-0.1, -0.05) is 20.3 Å². The van der Waals surface area contributed by atoms with E-state index in [1.165, 1.54) is 20.5 Å². The lowest BCUT2D eigenvalue weighted by atomic mass is 10.5. The normalized spacial score (nSPS) is 11.3. The molecule has 2 heterocycles. The van der Waals surface area contributed by atoms with E-state index in [2.05, 4.69) is 18.8 Å². The fourth-order valence-corrected chi connectivity index (χ4v) is 1.57. The number of imidazole rings is 1. The Labute approximate surface area is 114 Å². The maximum absolute atomic E-state index is 11.8. The average Bonchev–Trinajstić information content (AvgIpc) is 2.79. The van der Waals surface area contributed by atoms with Crippen LogP contribution in [0.15, 0.2) is 15.9 Å². The monoisotopic (exact) mass is 286 g/mol. The van der Waals surface area contributed by atoms with Crippen LogP contribution in [0, 0.1) is 0 Å². The van der Waals surface area contributed by atoms with E-state index in [9.17, 15) is 9.59 Å². The summed E-state index contributed by atoms with van der Waals surface area (Å²) < 4.78 is 2.29. The van der Waals surface area contributed by atoms with Crippen molar-refractivity contribution in [3.63, 3.8) is 0 Å². The first-order valence-electron chi connectivity index (χ1n) is 5.97. The van der Waals surface area contributed by atoms with Crippen LogP contribution in [0.2, 0.25) is 0 Å². The van der Waals surface area contributed by atoms with Crippen LogP contribution in [0.25, 0.3) is 11.2 Å². The van der Waals surface area contributed by atoms with Crippen molar-refractivity contribution < 1.29 is 15.3 Å². The molecule has 0 aliphatic heterocycles. The van der Waals surface area contributed by atoms with E-state index in [1.54, 1.807) is 0 Å². The number of aromatic nitrogens is 4. The molecule has 2 aromatic rings. The number of aryl methyl sites for hydroxylation is 1. The first kappa shape index (κ1) is 16.1. The van der Waals surface area contributed by atoms with Gasteiger partial charge in [0.05, 0.1) is 0 Å². The second kappa shape index (κ2) is 5.57. The summed E-state index contributed by atoms with van der Waals surface area (Å²) in [6.07, 6.45) is -1.15. The number of hydrogen-bond acceptors (Lipinski definition) is 6. The minimum Gasteiger partial charge on any atom is -0.325 e. The van der Waals surface area contributed by atoms with Crippen molar-refractivity contribution >= 4 is 11.2 Å². The molecule has 0 radical (unpaired) electrons. The highest BCUT2D eigenvalue weighted by atomic mass is 16.7. The van der Waals surface area contributed by atoms with Gasteiger partial charge in [0.25, 0.3) is 5.56 Å². The summed E-state index contributed by atoms with van der Waals surface area (Å²) in [5, 5.41) is 27.1. The summed E-state index contributed by atoms with van der Waals surface area (Å²) in [4.78, 5) is 27.0. The summed E-state index contributed by atoms with van der Waals surface area (Å²) >= 11 is 0. The van der Waals surface area contributed by atoms with Gasteiger partial charge in [0.1, 0.15) is 6.33 Å². The lowest BCUT2D eigenvalue weighted by molar-refractivity contribution is -0.373. The van der Waals surface area contributed by atoms with Gasteiger partial charge in [-0.3, -0.25) is 13.9 Å². The lowest BCUT2D eigenvalue weighted by Crippen LogP contribution is -2.40. The molecule has 0 unspecified atom stereocenters. The molecule has 0 spiro atoms. The van der Waals surface area contributed by atoms with Crippen LogP contribution in [0.3, 0.4) is 0 Å².